The number of aliphatic hydroxyl groups is 1. The first kappa shape index (κ1) is 15.4. The Labute approximate surface area is 120 Å². The maximum atomic E-state index is 9.02. The summed E-state index contributed by atoms with van der Waals surface area (Å²) in [5, 5.41) is 13.5. The van der Waals surface area contributed by atoms with Crippen LogP contribution in [0.5, 0.6) is 0 Å². The van der Waals surface area contributed by atoms with E-state index in [-0.39, 0.29) is 12.2 Å². The normalized spacial score (nSPS) is 22.1. The average molecular weight is 283 g/mol. The molecule has 0 amide bonds. The number of aromatic nitrogens is 3. The maximum absolute atomic E-state index is 9.02. The first-order chi connectivity index (χ1) is 9.55. The summed E-state index contributed by atoms with van der Waals surface area (Å²) in [6.45, 7) is 6.27. The molecule has 2 heterocycles. The number of aryl methyl sites for hydroxylation is 1. The molecular formula is C14H25N3O3. The summed E-state index contributed by atoms with van der Waals surface area (Å²) in [6, 6.07) is 0. The molecule has 0 spiro atoms. The van der Waals surface area contributed by atoms with Crippen molar-refractivity contribution in [2.45, 2.75) is 57.8 Å². The van der Waals surface area contributed by atoms with Crippen molar-refractivity contribution in [3.8, 4) is 0 Å². The average Bonchev–Trinajstić information content (AvgIpc) is 2.79. The molecule has 6 heteroatoms. The van der Waals surface area contributed by atoms with Crippen LogP contribution in [0, 0.1) is 0 Å². The van der Waals surface area contributed by atoms with E-state index < -0.39 is 0 Å². The quantitative estimate of drug-likeness (QED) is 0.856. The third-order valence-corrected chi connectivity index (χ3v) is 3.61. The highest BCUT2D eigenvalue weighted by Crippen LogP contribution is 2.34. The number of hydrogen-bond acceptors (Lipinski definition) is 5. The maximum Gasteiger partial charge on any atom is 0.176 e. The van der Waals surface area contributed by atoms with Crippen LogP contribution in [-0.4, -0.2) is 45.8 Å². The topological polar surface area (TPSA) is 69.4 Å². The highest BCUT2D eigenvalue weighted by atomic mass is 16.5. The van der Waals surface area contributed by atoms with Gasteiger partial charge in [0.15, 0.2) is 5.82 Å². The van der Waals surface area contributed by atoms with E-state index >= 15 is 0 Å². The summed E-state index contributed by atoms with van der Waals surface area (Å²) in [4.78, 5) is 4.63. The minimum absolute atomic E-state index is 0.113. The monoisotopic (exact) mass is 283 g/mol. The fourth-order valence-corrected chi connectivity index (χ4v) is 2.73. The van der Waals surface area contributed by atoms with Crippen molar-refractivity contribution in [2.24, 2.45) is 0 Å². The highest BCUT2D eigenvalue weighted by Gasteiger charge is 2.32. The Morgan fingerprint density at radius 1 is 1.50 bits per heavy atom. The van der Waals surface area contributed by atoms with Crippen LogP contribution < -0.4 is 0 Å². The molecule has 0 radical (unpaired) electrons. The fourth-order valence-electron chi connectivity index (χ4n) is 2.73. The number of aliphatic hydroxyl groups excluding tert-OH is 1. The van der Waals surface area contributed by atoms with Gasteiger partial charge in [-0.3, -0.25) is 0 Å². The van der Waals surface area contributed by atoms with E-state index in [2.05, 4.69) is 23.9 Å². The fraction of sp³-hybridized carbons (Fsp3) is 0.857. The molecule has 2 rings (SSSR count). The number of nitrogens with zero attached hydrogens (tertiary/aromatic N) is 3. The molecule has 1 aliphatic rings. The molecule has 1 atom stereocenters. The Morgan fingerprint density at radius 2 is 2.30 bits per heavy atom. The largest absolute Gasteiger partial charge is 0.396 e. The standard InChI is InChI=1S/C14H25N3O3/c1-14(2)9-11(5-8-20-14)13-15-12(10-19-3)16-17(13)6-4-7-18/h11,18H,4-10H2,1-3H3/t11-/m1/s1. The molecule has 6 nitrogen and oxygen atoms in total. The van der Waals surface area contributed by atoms with Gasteiger partial charge in [-0.1, -0.05) is 0 Å². The summed E-state index contributed by atoms with van der Waals surface area (Å²) in [6.07, 6.45) is 2.60. The van der Waals surface area contributed by atoms with E-state index in [9.17, 15) is 0 Å². The van der Waals surface area contributed by atoms with Gasteiger partial charge in [-0.05, 0) is 33.1 Å². The number of methoxy groups -OCH3 is 1. The van der Waals surface area contributed by atoms with Gasteiger partial charge in [-0.25, -0.2) is 9.67 Å². The van der Waals surface area contributed by atoms with Crippen LogP contribution in [0.3, 0.4) is 0 Å². The Bertz CT molecular complexity index is 431. The third-order valence-electron chi connectivity index (χ3n) is 3.61. The minimum atomic E-state index is -0.113. The van der Waals surface area contributed by atoms with Crippen molar-refractivity contribution < 1.29 is 14.6 Å². The second kappa shape index (κ2) is 6.65. The summed E-state index contributed by atoms with van der Waals surface area (Å²) in [7, 11) is 1.64. The zero-order valence-corrected chi connectivity index (χ0v) is 12.6. The van der Waals surface area contributed by atoms with Gasteiger partial charge < -0.3 is 14.6 Å². The van der Waals surface area contributed by atoms with E-state index in [0.29, 0.717) is 31.3 Å². The van der Waals surface area contributed by atoms with Gasteiger partial charge in [0.25, 0.3) is 0 Å². The molecule has 20 heavy (non-hydrogen) atoms. The second-order valence-electron chi connectivity index (χ2n) is 5.92. The number of hydrogen-bond donors (Lipinski definition) is 1. The number of rotatable bonds is 6. The van der Waals surface area contributed by atoms with Gasteiger partial charge >= 0.3 is 0 Å². The van der Waals surface area contributed by atoms with Crippen molar-refractivity contribution in [3.63, 3.8) is 0 Å². The lowest BCUT2D eigenvalue weighted by Gasteiger charge is -2.35. The lowest BCUT2D eigenvalue weighted by molar-refractivity contribution is -0.0608. The van der Waals surface area contributed by atoms with Crippen molar-refractivity contribution in [2.75, 3.05) is 20.3 Å². The van der Waals surface area contributed by atoms with E-state index in [1.165, 1.54) is 0 Å². The van der Waals surface area contributed by atoms with Gasteiger partial charge in [-0.15, -0.1) is 0 Å². The van der Waals surface area contributed by atoms with Crippen LogP contribution in [-0.2, 0) is 22.6 Å². The lowest BCUT2D eigenvalue weighted by atomic mass is 9.88. The number of ether oxygens (including phenoxy) is 2. The first-order valence-corrected chi connectivity index (χ1v) is 7.23. The van der Waals surface area contributed by atoms with Gasteiger partial charge in [0.05, 0.1) is 5.60 Å². The molecule has 0 saturated carbocycles. The van der Waals surface area contributed by atoms with Crippen LogP contribution in [0.25, 0.3) is 0 Å². The molecule has 0 bridgehead atoms. The zero-order valence-electron chi connectivity index (χ0n) is 12.6. The Kier molecular flexibility index (Phi) is 5.12. The smallest absolute Gasteiger partial charge is 0.176 e. The zero-order chi connectivity index (χ0) is 14.6. The Hall–Kier alpha value is -0.980. The minimum Gasteiger partial charge on any atom is -0.396 e. The Balaban J connectivity index is 2.19. The molecule has 1 aromatic rings. The van der Waals surface area contributed by atoms with Crippen LogP contribution in [0.15, 0.2) is 0 Å². The van der Waals surface area contributed by atoms with Crippen molar-refractivity contribution in [3.05, 3.63) is 11.6 Å². The highest BCUT2D eigenvalue weighted by molar-refractivity contribution is 5.03. The molecule has 0 unspecified atom stereocenters. The van der Waals surface area contributed by atoms with Crippen molar-refractivity contribution >= 4 is 0 Å². The molecule has 1 saturated heterocycles. The predicted octanol–water partition coefficient (Wildman–Crippen LogP) is 1.48. The van der Waals surface area contributed by atoms with E-state index in [1.807, 2.05) is 4.68 Å². The van der Waals surface area contributed by atoms with Crippen LogP contribution in [0.1, 0.15) is 50.7 Å². The summed E-state index contributed by atoms with van der Waals surface area (Å²) in [5.74, 6) is 2.07. The first-order valence-electron chi connectivity index (χ1n) is 7.23. The van der Waals surface area contributed by atoms with Crippen molar-refractivity contribution in [1.29, 1.82) is 0 Å². The van der Waals surface area contributed by atoms with Gasteiger partial charge in [0, 0.05) is 32.8 Å². The second-order valence-corrected chi connectivity index (χ2v) is 5.92. The van der Waals surface area contributed by atoms with Crippen LogP contribution in [0.2, 0.25) is 0 Å². The summed E-state index contributed by atoms with van der Waals surface area (Å²) < 4.78 is 12.8. The van der Waals surface area contributed by atoms with Crippen LogP contribution in [0.4, 0.5) is 0 Å². The molecule has 1 aromatic heterocycles. The Morgan fingerprint density at radius 3 is 2.95 bits per heavy atom. The van der Waals surface area contributed by atoms with E-state index in [1.54, 1.807) is 7.11 Å². The predicted molar refractivity (Wildman–Crippen MR) is 74.4 cm³/mol. The molecule has 1 fully saturated rings. The van der Waals surface area contributed by atoms with Gasteiger partial charge in [0.1, 0.15) is 12.4 Å². The molecule has 1 N–H and O–H groups in total. The SMILES string of the molecule is COCc1nc([C@@H]2CCOC(C)(C)C2)n(CCCO)n1. The molecule has 0 aromatic carbocycles. The van der Waals surface area contributed by atoms with Crippen LogP contribution >= 0.6 is 0 Å². The van der Waals surface area contributed by atoms with E-state index in [4.69, 9.17) is 14.6 Å². The molecule has 114 valence electrons. The lowest BCUT2D eigenvalue weighted by Crippen LogP contribution is -2.34. The summed E-state index contributed by atoms with van der Waals surface area (Å²) >= 11 is 0. The van der Waals surface area contributed by atoms with Crippen molar-refractivity contribution in [1.82, 2.24) is 14.8 Å². The molecule has 0 aliphatic carbocycles. The molecular weight excluding hydrogens is 258 g/mol. The van der Waals surface area contributed by atoms with E-state index in [0.717, 1.165) is 25.3 Å². The van der Waals surface area contributed by atoms with Gasteiger partial charge in [0.2, 0.25) is 0 Å². The summed E-state index contributed by atoms with van der Waals surface area (Å²) in [5.41, 5.74) is -0.113. The molecule has 1 aliphatic heterocycles. The third kappa shape index (κ3) is 3.77. The van der Waals surface area contributed by atoms with Gasteiger partial charge in [-0.2, -0.15) is 5.10 Å².